The molecule has 0 aliphatic carbocycles. The van der Waals surface area contributed by atoms with Crippen LogP contribution in [0.2, 0.25) is 0 Å². The van der Waals surface area contributed by atoms with Crippen molar-refractivity contribution in [2.45, 2.75) is 6.54 Å². The summed E-state index contributed by atoms with van der Waals surface area (Å²) in [5, 5.41) is 8.86. The second kappa shape index (κ2) is 7.69. The van der Waals surface area contributed by atoms with E-state index in [2.05, 4.69) is 0 Å². The van der Waals surface area contributed by atoms with E-state index >= 15 is 0 Å². The minimum atomic E-state index is -0.901. The first-order chi connectivity index (χ1) is 7.75. The number of aromatic nitrogens is 1. The molecule has 18 heavy (non-hydrogen) atoms. The van der Waals surface area contributed by atoms with E-state index in [0.717, 1.165) is 5.56 Å². The molecule has 1 heterocycles. The predicted molar refractivity (Wildman–Crippen MR) is 73.6 cm³/mol. The summed E-state index contributed by atoms with van der Waals surface area (Å²) in [6.07, 6.45) is 3.49. The Morgan fingerprint density at radius 3 is 2.33 bits per heavy atom. The van der Waals surface area contributed by atoms with E-state index in [1.54, 1.807) is 18.3 Å². The summed E-state index contributed by atoms with van der Waals surface area (Å²) >= 11 is 0. The smallest absolute Gasteiger partial charge is 0.341 e. The molecule has 0 fully saturated rings. The molecule has 2 rings (SSSR count). The molecule has 0 radical (unpaired) electrons. The second-order valence-electron chi connectivity index (χ2n) is 3.56. The summed E-state index contributed by atoms with van der Waals surface area (Å²) in [4.78, 5) is 10.8. The Kier molecular flexibility index (Phi) is 7.01. The fraction of sp³-hybridized carbons (Fsp3) is 0.0769. The van der Waals surface area contributed by atoms with Gasteiger partial charge in [-0.3, -0.25) is 0 Å². The van der Waals surface area contributed by atoms with E-state index in [1.807, 2.05) is 41.1 Å². The fourth-order valence-electron chi connectivity index (χ4n) is 1.54. The Labute approximate surface area is 118 Å². The summed E-state index contributed by atoms with van der Waals surface area (Å²) in [5.41, 5.74) is 1.45. The van der Waals surface area contributed by atoms with Crippen LogP contribution in [0.5, 0.6) is 0 Å². The van der Waals surface area contributed by atoms with Crippen molar-refractivity contribution in [2.75, 3.05) is 0 Å². The summed E-state index contributed by atoms with van der Waals surface area (Å²) in [5.74, 6) is -0.901. The summed E-state index contributed by atoms with van der Waals surface area (Å²) in [6, 6.07) is 13.3. The van der Waals surface area contributed by atoms with Crippen LogP contribution in [-0.4, -0.2) is 11.1 Å². The van der Waals surface area contributed by atoms with Gasteiger partial charge in [-0.05, 0) is 6.07 Å². The highest BCUT2D eigenvalue weighted by atomic mass is 35.5. The number of aromatic carboxylic acids is 1. The average Bonchev–Trinajstić information content (AvgIpc) is 2.30. The van der Waals surface area contributed by atoms with Gasteiger partial charge in [-0.25, -0.2) is 4.79 Å². The number of hydrogen-bond acceptors (Lipinski definition) is 1. The van der Waals surface area contributed by atoms with Gasteiger partial charge in [-0.1, -0.05) is 30.3 Å². The molecule has 0 bridgehead atoms. The van der Waals surface area contributed by atoms with E-state index in [-0.39, 0.29) is 24.8 Å². The van der Waals surface area contributed by atoms with Crippen LogP contribution < -0.4 is 4.57 Å². The van der Waals surface area contributed by atoms with Gasteiger partial charge >= 0.3 is 5.97 Å². The van der Waals surface area contributed by atoms with Crippen molar-refractivity contribution in [3.63, 3.8) is 0 Å². The lowest BCUT2D eigenvalue weighted by Gasteiger charge is -1.98. The third-order valence-corrected chi connectivity index (χ3v) is 2.31. The van der Waals surface area contributed by atoms with Crippen molar-refractivity contribution in [3.8, 4) is 0 Å². The largest absolute Gasteiger partial charge is 0.477 e. The summed E-state index contributed by atoms with van der Waals surface area (Å²) in [7, 11) is 0. The maximum atomic E-state index is 10.8. The fourth-order valence-corrected chi connectivity index (χ4v) is 1.54. The number of hydrogen-bond donors (Lipinski definition) is 1. The zero-order valence-corrected chi connectivity index (χ0v) is 11.2. The molecule has 0 saturated heterocycles. The van der Waals surface area contributed by atoms with Gasteiger partial charge < -0.3 is 5.11 Å². The zero-order valence-electron chi connectivity index (χ0n) is 9.52. The van der Waals surface area contributed by atoms with E-state index in [1.165, 1.54) is 0 Å². The predicted octanol–water partition coefficient (Wildman–Crippen LogP) is 2.56. The molecule has 0 amide bonds. The van der Waals surface area contributed by atoms with Crippen LogP contribution in [0.25, 0.3) is 0 Å². The maximum absolute atomic E-state index is 10.8. The van der Waals surface area contributed by atoms with Gasteiger partial charge in [-0.15, -0.1) is 24.8 Å². The minimum absolute atomic E-state index is 0. The molecule has 0 aliphatic rings. The third-order valence-electron chi connectivity index (χ3n) is 2.31. The second-order valence-corrected chi connectivity index (χ2v) is 3.56. The van der Waals surface area contributed by atoms with Gasteiger partial charge in [0.25, 0.3) is 0 Å². The van der Waals surface area contributed by atoms with Gasteiger partial charge in [0.15, 0.2) is 18.9 Å². The molecule has 5 heteroatoms. The third kappa shape index (κ3) is 4.35. The van der Waals surface area contributed by atoms with Crippen molar-refractivity contribution < 1.29 is 14.5 Å². The molecule has 2 aromatic rings. The molecule has 0 aliphatic heterocycles. The zero-order chi connectivity index (χ0) is 11.4. The molecule has 0 saturated carbocycles. The first kappa shape index (κ1) is 16.4. The molecule has 1 aromatic heterocycles. The number of carboxylic acids is 1. The Hall–Kier alpha value is -1.58. The topological polar surface area (TPSA) is 41.2 Å². The van der Waals surface area contributed by atoms with E-state index < -0.39 is 5.97 Å². The van der Waals surface area contributed by atoms with Crippen LogP contribution in [-0.2, 0) is 6.54 Å². The molecular formula is C13H14Cl2NO2+. The molecular weight excluding hydrogens is 273 g/mol. The Morgan fingerprint density at radius 2 is 1.72 bits per heavy atom. The summed E-state index contributed by atoms with van der Waals surface area (Å²) in [6.45, 7) is 0.682. The van der Waals surface area contributed by atoms with Gasteiger partial charge in [-0.2, -0.15) is 4.57 Å². The number of nitrogens with zero attached hydrogens (tertiary/aromatic N) is 1. The van der Waals surface area contributed by atoms with Crippen molar-refractivity contribution in [3.05, 3.63) is 66.0 Å². The standard InChI is InChI=1S/C13H11NO2.2ClH/c15-13(16)12-7-4-8-14(10-12)9-11-5-2-1-3-6-11;;/h1-8,10H,9H2;2*1H/p+1. The number of benzene rings is 1. The number of carboxylic acid groups (broad SMARTS) is 1. The SMILES string of the molecule is Cl.Cl.O=C(O)c1ccc[n+](Cc2ccccc2)c1. The first-order valence-electron chi connectivity index (χ1n) is 5.02. The quantitative estimate of drug-likeness (QED) is 0.881. The number of halogens is 2. The van der Waals surface area contributed by atoms with Crippen LogP contribution in [0.3, 0.4) is 0 Å². The lowest BCUT2D eigenvalue weighted by atomic mass is 10.2. The summed E-state index contributed by atoms with van der Waals surface area (Å²) < 4.78 is 1.86. The molecule has 1 aromatic carbocycles. The normalized spacial score (nSPS) is 8.89. The number of rotatable bonds is 3. The molecule has 96 valence electrons. The molecule has 3 nitrogen and oxygen atoms in total. The molecule has 1 N–H and O–H groups in total. The van der Waals surface area contributed by atoms with Crippen molar-refractivity contribution in [2.24, 2.45) is 0 Å². The van der Waals surface area contributed by atoms with Crippen molar-refractivity contribution in [1.29, 1.82) is 0 Å². The van der Waals surface area contributed by atoms with Crippen LogP contribution in [0, 0.1) is 0 Å². The van der Waals surface area contributed by atoms with Crippen LogP contribution in [0.4, 0.5) is 0 Å². The Morgan fingerprint density at radius 1 is 1.06 bits per heavy atom. The molecule has 0 atom stereocenters. The first-order valence-corrected chi connectivity index (χ1v) is 5.02. The monoisotopic (exact) mass is 286 g/mol. The molecule has 0 spiro atoms. The van der Waals surface area contributed by atoms with Gasteiger partial charge in [0.05, 0.1) is 0 Å². The molecule has 0 unspecified atom stereocenters. The van der Waals surface area contributed by atoms with Crippen LogP contribution in [0.1, 0.15) is 15.9 Å². The average molecular weight is 287 g/mol. The van der Waals surface area contributed by atoms with Gasteiger partial charge in [0.1, 0.15) is 5.56 Å². The van der Waals surface area contributed by atoms with E-state index in [9.17, 15) is 4.79 Å². The Bertz CT molecular complexity index is 503. The van der Waals surface area contributed by atoms with Gasteiger partial charge in [0, 0.05) is 11.6 Å². The maximum Gasteiger partial charge on any atom is 0.341 e. The highest BCUT2D eigenvalue weighted by molar-refractivity contribution is 5.86. The van der Waals surface area contributed by atoms with Crippen molar-refractivity contribution in [1.82, 2.24) is 0 Å². The van der Waals surface area contributed by atoms with E-state index in [4.69, 9.17) is 5.11 Å². The van der Waals surface area contributed by atoms with Gasteiger partial charge in [0.2, 0.25) is 0 Å². The lowest BCUT2D eigenvalue weighted by Crippen LogP contribution is -2.34. The highest BCUT2D eigenvalue weighted by Crippen LogP contribution is 1.99. The van der Waals surface area contributed by atoms with Crippen LogP contribution in [0.15, 0.2) is 54.9 Å². The highest BCUT2D eigenvalue weighted by Gasteiger charge is 2.08. The van der Waals surface area contributed by atoms with Crippen LogP contribution >= 0.6 is 24.8 Å². The van der Waals surface area contributed by atoms with Crippen molar-refractivity contribution >= 4 is 30.8 Å². The van der Waals surface area contributed by atoms with E-state index in [0.29, 0.717) is 12.1 Å². The Balaban J connectivity index is 0.00000144. The minimum Gasteiger partial charge on any atom is -0.477 e. The lowest BCUT2D eigenvalue weighted by molar-refractivity contribution is -0.688. The number of pyridine rings is 1. The number of carbonyl (C=O) groups is 1.